The summed E-state index contributed by atoms with van der Waals surface area (Å²) in [6.07, 6.45) is 2.30. The summed E-state index contributed by atoms with van der Waals surface area (Å²) in [5, 5.41) is 4.30. The van der Waals surface area contributed by atoms with Gasteiger partial charge < -0.3 is 4.57 Å². The van der Waals surface area contributed by atoms with Gasteiger partial charge in [-0.3, -0.25) is 14.0 Å². The molecule has 0 aliphatic rings. The topological polar surface area (TPSA) is 61.8 Å². The number of nitrogens with zero attached hydrogens (tertiary/aromatic N) is 4. The predicted octanol–water partition coefficient (Wildman–Crippen LogP) is -0.109. The maximum atomic E-state index is 11.9. The van der Waals surface area contributed by atoms with Gasteiger partial charge in [-0.2, -0.15) is 5.10 Å². The highest BCUT2D eigenvalue weighted by Gasteiger charge is 2.08. The second-order valence-electron chi connectivity index (χ2n) is 4.24. The van der Waals surface area contributed by atoms with Crippen LogP contribution >= 0.6 is 0 Å². The normalized spacial score (nSPS) is 10.8. The molecule has 0 atom stereocenters. The van der Waals surface area contributed by atoms with Crippen LogP contribution in [-0.2, 0) is 27.1 Å². The van der Waals surface area contributed by atoms with Gasteiger partial charge in [0.05, 0.1) is 17.9 Å². The standard InChI is InChI=1S/C12H16N4O2/c1-4-9-7-10(15(3)13-9)8-16-11(17)5-6-14(2)12(16)18/h5-7H,4,8H2,1-3H3. The molecule has 0 aliphatic heterocycles. The van der Waals surface area contributed by atoms with Crippen LogP contribution in [0.25, 0.3) is 0 Å². The molecule has 18 heavy (non-hydrogen) atoms. The zero-order valence-corrected chi connectivity index (χ0v) is 10.8. The van der Waals surface area contributed by atoms with E-state index in [2.05, 4.69) is 5.10 Å². The molecule has 2 aromatic rings. The van der Waals surface area contributed by atoms with Crippen molar-refractivity contribution in [3.63, 3.8) is 0 Å². The Hall–Kier alpha value is -2.11. The van der Waals surface area contributed by atoms with Gasteiger partial charge in [-0.25, -0.2) is 4.79 Å². The van der Waals surface area contributed by atoms with E-state index in [9.17, 15) is 9.59 Å². The van der Waals surface area contributed by atoms with Gasteiger partial charge in [0, 0.05) is 26.4 Å². The minimum absolute atomic E-state index is 0.246. The van der Waals surface area contributed by atoms with E-state index < -0.39 is 0 Å². The largest absolute Gasteiger partial charge is 0.331 e. The maximum absolute atomic E-state index is 11.9. The van der Waals surface area contributed by atoms with Crippen molar-refractivity contribution in [3.8, 4) is 0 Å². The summed E-state index contributed by atoms with van der Waals surface area (Å²) in [4.78, 5) is 23.6. The molecule has 6 nitrogen and oxygen atoms in total. The van der Waals surface area contributed by atoms with E-state index in [0.717, 1.165) is 17.8 Å². The highest BCUT2D eigenvalue weighted by Crippen LogP contribution is 2.04. The third-order valence-electron chi connectivity index (χ3n) is 2.95. The number of aromatic nitrogens is 4. The van der Waals surface area contributed by atoms with Crippen LogP contribution in [0.2, 0.25) is 0 Å². The van der Waals surface area contributed by atoms with E-state index in [0.29, 0.717) is 0 Å². The molecule has 0 radical (unpaired) electrons. The Morgan fingerprint density at radius 1 is 1.28 bits per heavy atom. The van der Waals surface area contributed by atoms with Crippen LogP contribution < -0.4 is 11.2 Å². The van der Waals surface area contributed by atoms with Crippen molar-refractivity contribution in [3.05, 3.63) is 50.6 Å². The van der Waals surface area contributed by atoms with Crippen molar-refractivity contribution in [2.24, 2.45) is 14.1 Å². The van der Waals surface area contributed by atoms with Crippen molar-refractivity contribution in [2.75, 3.05) is 0 Å². The van der Waals surface area contributed by atoms with Gasteiger partial charge in [-0.1, -0.05) is 6.92 Å². The fraction of sp³-hybridized carbons (Fsp3) is 0.417. The first kappa shape index (κ1) is 12.3. The SMILES string of the molecule is CCc1cc(Cn2c(=O)ccn(C)c2=O)n(C)n1. The second kappa shape index (κ2) is 4.64. The van der Waals surface area contributed by atoms with E-state index in [4.69, 9.17) is 0 Å². The maximum Gasteiger partial charge on any atom is 0.331 e. The summed E-state index contributed by atoms with van der Waals surface area (Å²) in [7, 11) is 3.44. The minimum Gasteiger partial charge on any atom is -0.303 e. The summed E-state index contributed by atoms with van der Waals surface area (Å²) in [5.41, 5.74) is 1.18. The third kappa shape index (κ3) is 2.13. The van der Waals surface area contributed by atoms with Gasteiger partial charge in [-0.15, -0.1) is 0 Å². The van der Waals surface area contributed by atoms with Gasteiger partial charge in [0.2, 0.25) is 0 Å². The van der Waals surface area contributed by atoms with Crippen molar-refractivity contribution in [1.82, 2.24) is 18.9 Å². The molecule has 96 valence electrons. The zero-order valence-electron chi connectivity index (χ0n) is 10.8. The van der Waals surface area contributed by atoms with Crippen LogP contribution in [0.1, 0.15) is 18.3 Å². The van der Waals surface area contributed by atoms with E-state index in [1.165, 1.54) is 21.4 Å². The van der Waals surface area contributed by atoms with Crippen molar-refractivity contribution >= 4 is 0 Å². The minimum atomic E-state index is -0.318. The molecule has 2 rings (SSSR count). The average Bonchev–Trinajstić information content (AvgIpc) is 2.70. The highest BCUT2D eigenvalue weighted by molar-refractivity contribution is 5.10. The van der Waals surface area contributed by atoms with Crippen LogP contribution in [0.4, 0.5) is 0 Å². The zero-order chi connectivity index (χ0) is 13.3. The molecule has 0 aliphatic carbocycles. The molecule has 0 N–H and O–H groups in total. The number of aryl methyl sites for hydroxylation is 3. The average molecular weight is 248 g/mol. The Kier molecular flexibility index (Phi) is 3.18. The Balaban J connectivity index is 2.46. The first-order valence-corrected chi connectivity index (χ1v) is 5.81. The summed E-state index contributed by atoms with van der Waals surface area (Å²) in [6.45, 7) is 2.26. The monoisotopic (exact) mass is 248 g/mol. The molecule has 0 bridgehead atoms. The molecule has 0 fully saturated rings. The molecule has 2 aromatic heterocycles. The lowest BCUT2D eigenvalue weighted by Crippen LogP contribution is -2.38. The number of hydrogen-bond acceptors (Lipinski definition) is 3. The fourth-order valence-corrected chi connectivity index (χ4v) is 1.81. The molecule has 6 heteroatoms. The lowest BCUT2D eigenvalue weighted by molar-refractivity contribution is 0.598. The first-order chi connectivity index (χ1) is 8.52. The van der Waals surface area contributed by atoms with Crippen LogP contribution in [-0.4, -0.2) is 18.9 Å². The molecule has 0 spiro atoms. The van der Waals surface area contributed by atoms with E-state index in [-0.39, 0.29) is 17.8 Å². The quantitative estimate of drug-likeness (QED) is 0.761. The number of rotatable bonds is 3. The van der Waals surface area contributed by atoms with Crippen LogP contribution in [0.5, 0.6) is 0 Å². The van der Waals surface area contributed by atoms with Gasteiger partial charge in [-0.05, 0) is 12.5 Å². The van der Waals surface area contributed by atoms with Crippen molar-refractivity contribution in [1.29, 1.82) is 0 Å². The van der Waals surface area contributed by atoms with Gasteiger partial charge in [0.15, 0.2) is 0 Å². The molecular formula is C12H16N4O2. The number of hydrogen-bond donors (Lipinski definition) is 0. The lowest BCUT2D eigenvalue weighted by atomic mass is 10.3. The van der Waals surface area contributed by atoms with E-state index in [1.807, 2.05) is 20.0 Å². The summed E-state index contributed by atoms with van der Waals surface area (Å²) >= 11 is 0. The smallest absolute Gasteiger partial charge is 0.303 e. The fourth-order valence-electron chi connectivity index (χ4n) is 1.81. The van der Waals surface area contributed by atoms with Crippen molar-refractivity contribution in [2.45, 2.75) is 19.9 Å². The van der Waals surface area contributed by atoms with E-state index >= 15 is 0 Å². The Labute approximate surface area is 104 Å². The first-order valence-electron chi connectivity index (χ1n) is 5.81. The Morgan fingerprint density at radius 2 is 2.00 bits per heavy atom. The molecule has 0 saturated carbocycles. The van der Waals surface area contributed by atoms with Crippen molar-refractivity contribution < 1.29 is 0 Å². The molecule has 2 heterocycles. The molecule has 0 saturated heterocycles. The summed E-state index contributed by atoms with van der Waals surface area (Å²) < 4.78 is 4.30. The van der Waals surface area contributed by atoms with Gasteiger partial charge in [0.1, 0.15) is 0 Å². The third-order valence-corrected chi connectivity index (χ3v) is 2.95. The van der Waals surface area contributed by atoms with Gasteiger partial charge >= 0.3 is 5.69 Å². The Bertz CT molecular complexity index is 678. The molecular weight excluding hydrogens is 232 g/mol. The lowest BCUT2D eigenvalue weighted by Gasteiger charge is -2.06. The highest BCUT2D eigenvalue weighted by atomic mass is 16.2. The summed E-state index contributed by atoms with van der Waals surface area (Å²) in [6, 6.07) is 3.30. The van der Waals surface area contributed by atoms with Crippen LogP contribution in [0, 0.1) is 0 Å². The molecule has 0 aromatic carbocycles. The predicted molar refractivity (Wildman–Crippen MR) is 67.6 cm³/mol. The molecule has 0 unspecified atom stereocenters. The van der Waals surface area contributed by atoms with Gasteiger partial charge in [0.25, 0.3) is 5.56 Å². The van der Waals surface area contributed by atoms with Crippen LogP contribution in [0.15, 0.2) is 27.9 Å². The summed E-state index contributed by atoms with van der Waals surface area (Å²) in [5.74, 6) is 0. The Morgan fingerprint density at radius 3 is 2.61 bits per heavy atom. The van der Waals surface area contributed by atoms with Crippen LogP contribution in [0.3, 0.4) is 0 Å². The second-order valence-corrected chi connectivity index (χ2v) is 4.24. The van der Waals surface area contributed by atoms with E-state index in [1.54, 1.807) is 11.7 Å². The molecule has 0 amide bonds.